The topological polar surface area (TPSA) is 57.4 Å². The molecular formula is C16H20N2O2. The van der Waals surface area contributed by atoms with Crippen LogP contribution in [0.25, 0.3) is 0 Å². The van der Waals surface area contributed by atoms with Gasteiger partial charge >= 0.3 is 0 Å². The van der Waals surface area contributed by atoms with Crippen LogP contribution in [0.5, 0.6) is 11.5 Å². The van der Waals surface area contributed by atoms with Crippen molar-refractivity contribution in [3.05, 3.63) is 53.9 Å². The zero-order valence-electron chi connectivity index (χ0n) is 12.0. The summed E-state index contributed by atoms with van der Waals surface area (Å²) in [5, 5.41) is 0. The van der Waals surface area contributed by atoms with Gasteiger partial charge in [0.15, 0.2) is 0 Å². The lowest BCUT2D eigenvalue weighted by molar-refractivity contribution is 0.242. The molecule has 0 aliphatic heterocycles. The first-order valence-electron chi connectivity index (χ1n) is 6.62. The van der Waals surface area contributed by atoms with Gasteiger partial charge in [0.1, 0.15) is 11.5 Å². The molecule has 0 radical (unpaired) electrons. The van der Waals surface area contributed by atoms with Gasteiger partial charge in [0.25, 0.3) is 0 Å². The second kappa shape index (κ2) is 6.39. The number of nitrogens with two attached hydrogens (primary N) is 1. The zero-order valence-corrected chi connectivity index (χ0v) is 12.0. The van der Waals surface area contributed by atoms with Crippen LogP contribution in [0.15, 0.2) is 42.7 Å². The van der Waals surface area contributed by atoms with Gasteiger partial charge in [-0.25, -0.2) is 0 Å². The average Bonchev–Trinajstić information content (AvgIpc) is 2.46. The number of nitrogens with zero attached hydrogens (tertiary/aromatic N) is 1. The van der Waals surface area contributed by atoms with Gasteiger partial charge in [-0.15, -0.1) is 0 Å². The highest BCUT2D eigenvalue weighted by Crippen LogP contribution is 2.28. The lowest BCUT2D eigenvalue weighted by atomic mass is 10.00. The maximum Gasteiger partial charge on any atom is 0.142 e. The van der Waals surface area contributed by atoms with Crippen LogP contribution in [-0.2, 0) is 0 Å². The summed E-state index contributed by atoms with van der Waals surface area (Å²) in [5.74, 6) is 1.54. The predicted octanol–water partition coefficient (Wildman–Crippen LogP) is 2.93. The van der Waals surface area contributed by atoms with Gasteiger partial charge in [0, 0.05) is 11.8 Å². The zero-order chi connectivity index (χ0) is 14.5. The molecule has 0 spiro atoms. The largest absolute Gasteiger partial charge is 0.495 e. The van der Waals surface area contributed by atoms with Crippen LogP contribution in [0.4, 0.5) is 0 Å². The van der Waals surface area contributed by atoms with E-state index in [1.807, 2.05) is 44.2 Å². The minimum absolute atomic E-state index is 0.162. The monoisotopic (exact) mass is 272 g/mol. The summed E-state index contributed by atoms with van der Waals surface area (Å²) in [4.78, 5) is 4.04. The van der Waals surface area contributed by atoms with Crippen LogP contribution >= 0.6 is 0 Å². The van der Waals surface area contributed by atoms with E-state index in [-0.39, 0.29) is 12.1 Å². The average molecular weight is 272 g/mol. The number of hydrogen-bond donors (Lipinski definition) is 1. The van der Waals surface area contributed by atoms with E-state index in [2.05, 4.69) is 4.98 Å². The molecule has 0 bridgehead atoms. The van der Waals surface area contributed by atoms with E-state index in [9.17, 15) is 0 Å². The molecule has 0 saturated heterocycles. The number of ether oxygens (including phenoxy) is 2. The molecule has 1 heterocycles. The van der Waals surface area contributed by atoms with E-state index < -0.39 is 0 Å². The molecule has 20 heavy (non-hydrogen) atoms. The molecule has 1 atom stereocenters. The number of rotatable bonds is 5. The summed E-state index contributed by atoms with van der Waals surface area (Å²) in [6.45, 7) is 4.00. The molecular weight excluding hydrogens is 252 g/mol. The molecule has 2 N–H and O–H groups in total. The molecule has 0 fully saturated rings. The first kappa shape index (κ1) is 14.3. The van der Waals surface area contributed by atoms with E-state index >= 15 is 0 Å². The second-order valence-corrected chi connectivity index (χ2v) is 4.83. The summed E-state index contributed by atoms with van der Waals surface area (Å²) >= 11 is 0. The second-order valence-electron chi connectivity index (χ2n) is 4.83. The number of aromatic nitrogens is 1. The maximum absolute atomic E-state index is 6.30. The lowest BCUT2D eigenvalue weighted by Gasteiger charge is -2.16. The van der Waals surface area contributed by atoms with Gasteiger partial charge in [-0.2, -0.15) is 0 Å². The van der Waals surface area contributed by atoms with Crippen molar-refractivity contribution in [1.82, 2.24) is 4.98 Å². The summed E-state index contributed by atoms with van der Waals surface area (Å²) in [6.07, 6.45) is 3.55. The third kappa shape index (κ3) is 3.27. The molecule has 1 aromatic carbocycles. The minimum atomic E-state index is -0.249. The van der Waals surface area contributed by atoms with E-state index in [0.29, 0.717) is 5.75 Å². The predicted molar refractivity (Wildman–Crippen MR) is 79.0 cm³/mol. The Kier molecular flexibility index (Phi) is 4.58. The smallest absolute Gasteiger partial charge is 0.142 e. The van der Waals surface area contributed by atoms with E-state index in [4.69, 9.17) is 15.2 Å². The lowest BCUT2D eigenvalue weighted by Crippen LogP contribution is -2.13. The van der Waals surface area contributed by atoms with E-state index in [1.54, 1.807) is 19.5 Å². The van der Waals surface area contributed by atoms with Gasteiger partial charge in [-0.05, 0) is 37.6 Å². The molecule has 0 aliphatic rings. The Hall–Kier alpha value is -2.07. The third-order valence-corrected chi connectivity index (χ3v) is 2.98. The van der Waals surface area contributed by atoms with Crippen molar-refractivity contribution in [3.63, 3.8) is 0 Å². The van der Waals surface area contributed by atoms with Gasteiger partial charge < -0.3 is 15.2 Å². The van der Waals surface area contributed by atoms with Crippen molar-refractivity contribution >= 4 is 0 Å². The molecule has 0 amide bonds. The van der Waals surface area contributed by atoms with Gasteiger partial charge in [0.2, 0.25) is 0 Å². The highest BCUT2D eigenvalue weighted by atomic mass is 16.5. The van der Waals surface area contributed by atoms with Crippen LogP contribution in [-0.4, -0.2) is 18.2 Å². The first-order valence-corrected chi connectivity index (χ1v) is 6.62. The van der Waals surface area contributed by atoms with Crippen LogP contribution < -0.4 is 15.2 Å². The Balaban J connectivity index is 2.22. The van der Waals surface area contributed by atoms with Crippen LogP contribution in [0.1, 0.15) is 31.0 Å². The maximum atomic E-state index is 6.30. The SMILES string of the molecule is COc1cnccc1C(N)c1ccc(OC(C)C)cc1. The van der Waals surface area contributed by atoms with E-state index in [0.717, 1.165) is 16.9 Å². The summed E-state index contributed by atoms with van der Waals surface area (Å²) in [7, 11) is 1.62. The molecule has 4 nitrogen and oxygen atoms in total. The third-order valence-electron chi connectivity index (χ3n) is 2.98. The number of benzene rings is 1. The molecule has 2 rings (SSSR count). The summed E-state index contributed by atoms with van der Waals surface area (Å²) in [5.41, 5.74) is 8.22. The highest BCUT2D eigenvalue weighted by Gasteiger charge is 2.14. The van der Waals surface area contributed by atoms with Gasteiger partial charge in [0.05, 0.1) is 25.5 Å². The van der Waals surface area contributed by atoms with Crippen molar-refractivity contribution in [2.75, 3.05) is 7.11 Å². The molecule has 0 aliphatic carbocycles. The first-order chi connectivity index (χ1) is 9.61. The molecule has 0 saturated carbocycles. The highest BCUT2D eigenvalue weighted by molar-refractivity contribution is 5.40. The Morgan fingerprint density at radius 3 is 2.40 bits per heavy atom. The fourth-order valence-corrected chi connectivity index (χ4v) is 2.02. The van der Waals surface area contributed by atoms with Crippen molar-refractivity contribution < 1.29 is 9.47 Å². The number of hydrogen-bond acceptors (Lipinski definition) is 4. The van der Waals surface area contributed by atoms with Crippen LogP contribution in [0.2, 0.25) is 0 Å². The minimum Gasteiger partial charge on any atom is -0.495 e. The van der Waals surface area contributed by atoms with Gasteiger partial charge in [-0.1, -0.05) is 12.1 Å². The van der Waals surface area contributed by atoms with Crippen LogP contribution in [0.3, 0.4) is 0 Å². The standard InChI is InChI=1S/C16H20N2O2/c1-11(2)20-13-6-4-12(5-7-13)16(17)14-8-9-18-10-15(14)19-3/h4-11,16H,17H2,1-3H3. The number of methoxy groups -OCH3 is 1. The fourth-order valence-electron chi connectivity index (χ4n) is 2.02. The molecule has 1 aromatic heterocycles. The molecule has 4 heteroatoms. The Morgan fingerprint density at radius 2 is 1.80 bits per heavy atom. The molecule has 1 unspecified atom stereocenters. The summed E-state index contributed by atoms with van der Waals surface area (Å²) < 4.78 is 10.9. The fraction of sp³-hybridized carbons (Fsp3) is 0.312. The molecule has 2 aromatic rings. The quantitative estimate of drug-likeness (QED) is 0.909. The van der Waals surface area contributed by atoms with Crippen molar-refractivity contribution in [2.24, 2.45) is 5.73 Å². The van der Waals surface area contributed by atoms with Crippen molar-refractivity contribution in [1.29, 1.82) is 0 Å². The van der Waals surface area contributed by atoms with Crippen LogP contribution in [0, 0.1) is 0 Å². The normalized spacial score (nSPS) is 12.2. The van der Waals surface area contributed by atoms with Crippen molar-refractivity contribution in [3.8, 4) is 11.5 Å². The molecule has 106 valence electrons. The number of pyridine rings is 1. The van der Waals surface area contributed by atoms with Gasteiger partial charge in [-0.3, -0.25) is 4.98 Å². The Labute approximate surface area is 119 Å². The summed E-state index contributed by atoms with van der Waals surface area (Å²) in [6, 6.07) is 9.44. The van der Waals surface area contributed by atoms with E-state index in [1.165, 1.54) is 0 Å². The Morgan fingerprint density at radius 1 is 1.10 bits per heavy atom. The van der Waals surface area contributed by atoms with Crippen molar-refractivity contribution in [2.45, 2.75) is 26.0 Å². The Bertz CT molecular complexity index is 553.